The molecule has 0 radical (unpaired) electrons. The zero-order valence-electron chi connectivity index (χ0n) is 12.9. The molecule has 0 bridgehead atoms. The molecule has 0 aliphatic carbocycles. The van der Waals surface area contributed by atoms with Gasteiger partial charge in [0.1, 0.15) is 5.52 Å². The summed E-state index contributed by atoms with van der Waals surface area (Å²) in [5.41, 5.74) is 2.46. The van der Waals surface area contributed by atoms with Crippen LogP contribution >= 0.6 is 11.6 Å². The highest BCUT2D eigenvalue weighted by atomic mass is 35.5. The van der Waals surface area contributed by atoms with Crippen molar-refractivity contribution in [3.05, 3.63) is 52.9 Å². The van der Waals surface area contributed by atoms with E-state index in [0.717, 1.165) is 16.7 Å². The van der Waals surface area contributed by atoms with E-state index in [0.29, 0.717) is 29.0 Å². The minimum atomic E-state index is 0.496. The molecular weight excluding hydrogens is 314 g/mol. The van der Waals surface area contributed by atoms with E-state index < -0.39 is 0 Å². The number of fused-ring (bicyclic) bond motifs is 1. The van der Waals surface area contributed by atoms with E-state index in [1.807, 2.05) is 49.4 Å². The Bertz CT molecular complexity index is 822. The van der Waals surface area contributed by atoms with Gasteiger partial charge in [0.05, 0.1) is 18.7 Å². The third kappa shape index (κ3) is 3.32. The summed E-state index contributed by atoms with van der Waals surface area (Å²) in [5, 5.41) is 0.496. The van der Waals surface area contributed by atoms with Crippen LogP contribution in [0.5, 0.6) is 11.5 Å². The Morgan fingerprint density at radius 3 is 2.78 bits per heavy atom. The molecular formula is C18H16ClNO3. The molecule has 0 aliphatic rings. The minimum absolute atomic E-state index is 0.496. The van der Waals surface area contributed by atoms with Crippen LogP contribution in [0.15, 0.2) is 40.8 Å². The Morgan fingerprint density at radius 2 is 2.04 bits per heavy atom. The largest absolute Gasteiger partial charge is 0.491 e. The average Bonchev–Trinajstić information content (AvgIpc) is 2.96. The average molecular weight is 330 g/mol. The first-order valence-corrected chi connectivity index (χ1v) is 7.63. The number of methoxy groups -OCH3 is 1. The standard InChI is InChI=1S/C18H16ClNO3/c1-3-22-16-11-12(10-13(19)18(16)21-2)8-9-17-20-14-6-4-5-7-15(14)23-17/h4-11H,3H2,1-2H3/b9-8+. The number of hydrogen-bond acceptors (Lipinski definition) is 4. The lowest BCUT2D eigenvalue weighted by Crippen LogP contribution is -1.96. The van der Waals surface area contributed by atoms with Gasteiger partial charge in [-0.05, 0) is 42.8 Å². The molecule has 4 nitrogen and oxygen atoms in total. The summed E-state index contributed by atoms with van der Waals surface area (Å²) in [7, 11) is 1.57. The van der Waals surface area contributed by atoms with Gasteiger partial charge in [0.25, 0.3) is 0 Å². The summed E-state index contributed by atoms with van der Waals surface area (Å²) in [4.78, 5) is 4.40. The molecule has 0 unspecified atom stereocenters. The van der Waals surface area contributed by atoms with Crippen LogP contribution in [0.3, 0.4) is 0 Å². The molecule has 0 saturated carbocycles. The van der Waals surface area contributed by atoms with Gasteiger partial charge in [-0.1, -0.05) is 23.7 Å². The number of hydrogen-bond donors (Lipinski definition) is 0. The van der Waals surface area contributed by atoms with E-state index in [1.54, 1.807) is 13.2 Å². The molecule has 0 atom stereocenters. The molecule has 0 saturated heterocycles. The van der Waals surface area contributed by atoms with Crippen LogP contribution in [0.25, 0.3) is 23.3 Å². The fourth-order valence-electron chi connectivity index (χ4n) is 2.27. The summed E-state index contributed by atoms with van der Waals surface area (Å²) in [6.45, 7) is 2.44. The highest BCUT2D eigenvalue weighted by Crippen LogP contribution is 2.36. The predicted octanol–water partition coefficient (Wildman–Crippen LogP) is 5.06. The van der Waals surface area contributed by atoms with Crippen LogP contribution in [0.4, 0.5) is 0 Å². The molecule has 0 aliphatic heterocycles. The maximum atomic E-state index is 6.24. The maximum absolute atomic E-state index is 6.24. The molecule has 3 aromatic rings. The predicted molar refractivity (Wildman–Crippen MR) is 92.1 cm³/mol. The van der Waals surface area contributed by atoms with Crippen LogP contribution in [0.1, 0.15) is 18.4 Å². The second kappa shape index (κ2) is 6.75. The Balaban J connectivity index is 1.92. The second-order valence-electron chi connectivity index (χ2n) is 4.82. The normalized spacial score (nSPS) is 11.3. The molecule has 118 valence electrons. The van der Waals surface area contributed by atoms with Gasteiger partial charge in [-0.2, -0.15) is 0 Å². The van der Waals surface area contributed by atoms with E-state index in [-0.39, 0.29) is 0 Å². The molecule has 5 heteroatoms. The van der Waals surface area contributed by atoms with Crippen molar-refractivity contribution in [3.63, 3.8) is 0 Å². The van der Waals surface area contributed by atoms with Crippen molar-refractivity contribution in [2.75, 3.05) is 13.7 Å². The molecule has 2 aromatic carbocycles. The third-order valence-electron chi connectivity index (χ3n) is 3.26. The first kappa shape index (κ1) is 15.4. The minimum Gasteiger partial charge on any atom is -0.491 e. The van der Waals surface area contributed by atoms with Gasteiger partial charge >= 0.3 is 0 Å². The first-order valence-electron chi connectivity index (χ1n) is 7.25. The molecule has 0 N–H and O–H groups in total. The lowest BCUT2D eigenvalue weighted by molar-refractivity contribution is 0.311. The number of aromatic nitrogens is 1. The van der Waals surface area contributed by atoms with Crippen molar-refractivity contribution in [2.24, 2.45) is 0 Å². The summed E-state index contributed by atoms with van der Waals surface area (Å²) >= 11 is 6.24. The van der Waals surface area contributed by atoms with Crippen molar-refractivity contribution in [1.82, 2.24) is 4.98 Å². The maximum Gasteiger partial charge on any atom is 0.220 e. The lowest BCUT2D eigenvalue weighted by atomic mass is 10.2. The van der Waals surface area contributed by atoms with Gasteiger partial charge in [0, 0.05) is 6.08 Å². The number of oxazole rings is 1. The fraction of sp³-hybridized carbons (Fsp3) is 0.167. The van der Waals surface area contributed by atoms with Crippen LogP contribution in [0.2, 0.25) is 5.02 Å². The van der Waals surface area contributed by atoms with Gasteiger partial charge in [-0.25, -0.2) is 4.98 Å². The number of nitrogens with zero attached hydrogens (tertiary/aromatic N) is 1. The molecule has 23 heavy (non-hydrogen) atoms. The molecule has 3 rings (SSSR count). The van der Waals surface area contributed by atoms with Crippen LogP contribution in [0, 0.1) is 0 Å². The molecule has 0 amide bonds. The number of rotatable bonds is 5. The highest BCUT2D eigenvalue weighted by molar-refractivity contribution is 6.32. The van der Waals surface area contributed by atoms with E-state index >= 15 is 0 Å². The van der Waals surface area contributed by atoms with E-state index in [2.05, 4.69) is 4.98 Å². The van der Waals surface area contributed by atoms with E-state index in [1.165, 1.54) is 0 Å². The van der Waals surface area contributed by atoms with Gasteiger partial charge in [0.2, 0.25) is 5.89 Å². The van der Waals surface area contributed by atoms with Gasteiger partial charge < -0.3 is 13.9 Å². The van der Waals surface area contributed by atoms with Crippen molar-refractivity contribution < 1.29 is 13.9 Å². The topological polar surface area (TPSA) is 44.5 Å². The zero-order valence-corrected chi connectivity index (χ0v) is 13.6. The Hall–Kier alpha value is -2.46. The van der Waals surface area contributed by atoms with Gasteiger partial charge in [-0.3, -0.25) is 0 Å². The monoisotopic (exact) mass is 329 g/mol. The Kier molecular flexibility index (Phi) is 4.53. The van der Waals surface area contributed by atoms with Crippen LogP contribution in [-0.2, 0) is 0 Å². The fourth-order valence-corrected chi connectivity index (χ4v) is 2.57. The molecule has 0 spiro atoms. The summed E-state index contributed by atoms with van der Waals surface area (Å²) in [6, 6.07) is 11.3. The number of halogens is 1. The first-order chi connectivity index (χ1) is 11.2. The van der Waals surface area contributed by atoms with Crippen molar-refractivity contribution in [2.45, 2.75) is 6.92 Å². The number of benzene rings is 2. The number of para-hydroxylation sites is 2. The summed E-state index contributed by atoms with van der Waals surface area (Å²) in [6.07, 6.45) is 3.67. The van der Waals surface area contributed by atoms with Gasteiger partial charge in [0.15, 0.2) is 17.1 Å². The van der Waals surface area contributed by atoms with Crippen molar-refractivity contribution >= 4 is 34.9 Å². The van der Waals surface area contributed by atoms with Gasteiger partial charge in [-0.15, -0.1) is 0 Å². The number of ether oxygens (including phenoxy) is 2. The zero-order chi connectivity index (χ0) is 16.2. The second-order valence-corrected chi connectivity index (χ2v) is 5.23. The highest BCUT2D eigenvalue weighted by Gasteiger charge is 2.10. The summed E-state index contributed by atoms with van der Waals surface area (Å²) in [5.74, 6) is 1.68. The van der Waals surface area contributed by atoms with Crippen molar-refractivity contribution in [3.8, 4) is 11.5 Å². The summed E-state index contributed by atoms with van der Waals surface area (Å²) < 4.78 is 16.5. The van der Waals surface area contributed by atoms with Crippen LogP contribution < -0.4 is 9.47 Å². The Morgan fingerprint density at radius 1 is 1.22 bits per heavy atom. The Labute approximate surface area is 139 Å². The molecule has 1 heterocycles. The van der Waals surface area contributed by atoms with E-state index in [4.69, 9.17) is 25.5 Å². The van der Waals surface area contributed by atoms with Crippen molar-refractivity contribution in [1.29, 1.82) is 0 Å². The smallest absolute Gasteiger partial charge is 0.220 e. The third-order valence-corrected chi connectivity index (χ3v) is 3.55. The van der Waals surface area contributed by atoms with E-state index in [9.17, 15) is 0 Å². The van der Waals surface area contributed by atoms with Crippen LogP contribution in [-0.4, -0.2) is 18.7 Å². The lowest BCUT2D eigenvalue weighted by Gasteiger charge is -2.11. The SMILES string of the molecule is CCOc1cc(/C=C/c2nc3ccccc3o2)cc(Cl)c1OC. The quantitative estimate of drug-likeness (QED) is 0.656. The molecule has 0 fully saturated rings. The molecule has 1 aromatic heterocycles.